The van der Waals surface area contributed by atoms with E-state index in [2.05, 4.69) is 45.0 Å². The Morgan fingerprint density at radius 3 is 2.05 bits per heavy atom. The van der Waals surface area contributed by atoms with Crippen molar-refractivity contribution in [2.45, 2.75) is 64.7 Å². The van der Waals surface area contributed by atoms with Gasteiger partial charge in [0.2, 0.25) is 0 Å². The van der Waals surface area contributed by atoms with Crippen molar-refractivity contribution in [3.05, 3.63) is 35.4 Å². The molecule has 1 aliphatic rings. The second kappa shape index (κ2) is 5.87. The van der Waals surface area contributed by atoms with Crippen LogP contribution >= 0.6 is 11.6 Å². The van der Waals surface area contributed by atoms with E-state index in [4.69, 9.17) is 11.6 Å². The van der Waals surface area contributed by atoms with Crippen LogP contribution in [0, 0.1) is 5.41 Å². The van der Waals surface area contributed by atoms with Crippen LogP contribution in [0.3, 0.4) is 0 Å². The molecule has 19 heavy (non-hydrogen) atoms. The maximum atomic E-state index is 6.29. The fraction of sp³-hybridized carbons (Fsp3) is 0.667. The van der Waals surface area contributed by atoms with Crippen LogP contribution in [0.4, 0.5) is 0 Å². The topological polar surface area (TPSA) is 0 Å². The molecule has 0 spiro atoms. The first-order chi connectivity index (χ1) is 8.95. The molecule has 2 rings (SSSR count). The first-order valence-electron chi connectivity index (χ1n) is 7.61. The third-order valence-electron chi connectivity index (χ3n) is 4.60. The molecular formula is C18H27Cl. The van der Waals surface area contributed by atoms with E-state index >= 15 is 0 Å². The molecule has 0 atom stereocenters. The van der Waals surface area contributed by atoms with E-state index in [1.807, 2.05) is 0 Å². The highest BCUT2D eigenvalue weighted by molar-refractivity contribution is 6.18. The summed E-state index contributed by atoms with van der Waals surface area (Å²) in [6, 6.07) is 9.20. The highest BCUT2D eigenvalue weighted by Gasteiger charge is 2.31. The van der Waals surface area contributed by atoms with Crippen molar-refractivity contribution < 1.29 is 0 Å². The number of alkyl halides is 1. The van der Waals surface area contributed by atoms with Crippen molar-refractivity contribution in [1.82, 2.24) is 0 Å². The van der Waals surface area contributed by atoms with Gasteiger partial charge in [0.05, 0.1) is 0 Å². The molecule has 0 heterocycles. The summed E-state index contributed by atoms with van der Waals surface area (Å²) >= 11 is 6.29. The van der Waals surface area contributed by atoms with E-state index in [9.17, 15) is 0 Å². The summed E-state index contributed by atoms with van der Waals surface area (Å²) in [6.07, 6.45) is 7.86. The van der Waals surface area contributed by atoms with Crippen LogP contribution in [0.15, 0.2) is 24.3 Å². The molecule has 0 saturated heterocycles. The van der Waals surface area contributed by atoms with Crippen LogP contribution in [-0.4, -0.2) is 5.88 Å². The third-order valence-corrected chi connectivity index (χ3v) is 5.16. The number of benzene rings is 1. The minimum Gasteiger partial charge on any atom is -0.126 e. The van der Waals surface area contributed by atoms with Gasteiger partial charge in [-0.1, -0.05) is 64.3 Å². The highest BCUT2D eigenvalue weighted by atomic mass is 35.5. The molecule has 1 heteroatoms. The molecule has 0 N–H and O–H groups in total. The zero-order valence-electron chi connectivity index (χ0n) is 12.6. The van der Waals surface area contributed by atoms with Crippen molar-refractivity contribution in [2.24, 2.45) is 5.41 Å². The first-order valence-corrected chi connectivity index (χ1v) is 8.14. The molecular weight excluding hydrogens is 252 g/mol. The lowest BCUT2D eigenvalue weighted by molar-refractivity contribution is 0.219. The van der Waals surface area contributed by atoms with E-state index in [1.54, 1.807) is 0 Å². The van der Waals surface area contributed by atoms with Gasteiger partial charge in [0.1, 0.15) is 0 Å². The summed E-state index contributed by atoms with van der Waals surface area (Å²) in [5.74, 6) is 0.814. The Hall–Kier alpha value is -0.490. The first kappa shape index (κ1) is 14.9. The Balaban J connectivity index is 2.10. The molecule has 106 valence electrons. The average molecular weight is 279 g/mol. The molecule has 0 radical (unpaired) electrons. The van der Waals surface area contributed by atoms with Crippen molar-refractivity contribution in [3.8, 4) is 0 Å². The van der Waals surface area contributed by atoms with E-state index in [0.717, 1.165) is 12.3 Å². The van der Waals surface area contributed by atoms with Crippen LogP contribution in [0.25, 0.3) is 0 Å². The van der Waals surface area contributed by atoms with E-state index < -0.39 is 0 Å². The average Bonchev–Trinajstić information content (AvgIpc) is 2.39. The second-order valence-electron chi connectivity index (χ2n) is 7.32. The van der Waals surface area contributed by atoms with E-state index in [1.165, 1.54) is 43.2 Å². The SMILES string of the molecule is CC(C)(C)c1ccc(CC2(CCl)CCCCC2)cc1. The van der Waals surface area contributed by atoms with Gasteiger partial charge < -0.3 is 0 Å². The Bertz CT molecular complexity index is 391. The summed E-state index contributed by atoms with van der Waals surface area (Å²) in [5, 5.41) is 0. The fourth-order valence-electron chi connectivity index (χ4n) is 3.22. The molecule has 0 nitrogen and oxygen atoms in total. The molecule has 1 aromatic carbocycles. The van der Waals surface area contributed by atoms with Gasteiger partial charge in [-0.15, -0.1) is 11.6 Å². The summed E-state index contributed by atoms with van der Waals surface area (Å²) in [5.41, 5.74) is 3.48. The summed E-state index contributed by atoms with van der Waals surface area (Å²) in [6.45, 7) is 6.80. The van der Waals surface area contributed by atoms with Crippen molar-refractivity contribution in [2.75, 3.05) is 5.88 Å². The van der Waals surface area contributed by atoms with Crippen LogP contribution < -0.4 is 0 Å². The zero-order chi connectivity index (χ0) is 13.9. The minimum absolute atomic E-state index is 0.244. The van der Waals surface area contributed by atoms with Gasteiger partial charge in [-0.25, -0.2) is 0 Å². The maximum absolute atomic E-state index is 6.29. The molecule has 1 saturated carbocycles. The van der Waals surface area contributed by atoms with Gasteiger partial charge in [-0.3, -0.25) is 0 Å². The molecule has 0 bridgehead atoms. The van der Waals surface area contributed by atoms with Crippen molar-refractivity contribution >= 4 is 11.6 Å². The Kier molecular flexibility index (Phi) is 4.61. The second-order valence-corrected chi connectivity index (χ2v) is 7.59. The van der Waals surface area contributed by atoms with E-state index in [-0.39, 0.29) is 5.41 Å². The van der Waals surface area contributed by atoms with E-state index in [0.29, 0.717) is 5.41 Å². The van der Waals surface area contributed by atoms with Gasteiger partial charge in [0.25, 0.3) is 0 Å². The fourth-order valence-corrected chi connectivity index (χ4v) is 3.58. The normalized spacial score (nSPS) is 19.4. The summed E-state index contributed by atoms with van der Waals surface area (Å²) in [7, 11) is 0. The third kappa shape index (κ3) is 3.75. The molecule has 1 aliphatic carbocycles. The van der Waals surface area contributed by atoms with Crippen LogP contribution in [0.1, 0.15) is 64.0 Å². The predicted octanol–water partition coefficient (Wildman–Crippen LogP) is 5.72. The Labute approximate surface area is 123 Å². The smallest absolute Gasteiger partial charge is 0.0283 e. The molecule has 0 aliphatic heterocycles. The monoisotopic (exact) mass is 278 g/mol. The Morgan fingerprint density at radius 2 is 1.58 bits per heavy atom. The molecule has 0 aromatic heterocycles. The van der Waals surface area contributed by atoms with Gasteiger partial charge in [-0.05, 0) is 41.2 Å². The summed E-state index contributed by atoms with van der Waals surface area (Å²) < 4.78 is 0. The standard InChI is InChI=1S/C18H27Cl/c1-17(2,3)16-9-7-15(8-10-16)13-18(14-19)11-5-4-6-12-18/h7-10H,4-6,11-14H2,1-3H3. The lowest BCUT2D eigenvalue weighted by atomic mass is 9.71. The molecule has 1 aromatic rings. The Morgan fingerprint density at radius 1 is 1.00 bits per heavy atom. The minimum atomic E-state index is 0.244. The van der Waals surface area contributed by atoms with Crippen LogP contribution in [0.2, 0.25) is 0 Å². The zero-order valence-corrected chi connectivity index (χ0v) is 13.4. The number of halogens is 1. The lowest BCUT2D eigenvalue weighted by Gasteiger charge is -2.36. The molecule has 1 fully saturated rings. The van der Waals surface area contributed by atoms with Crippen molar-refractivity contribution in [3.63, 3.8) is 0 Å². The maximum Gasteiger partial charge on any atom is 0.0283 e. The van der Waals surface area contributed by atoms with Crippen LogP contribution in [-0.2, 0) is 11.8 Å². The van der Waals surface area contributed by atoms with Crippen molar-refractivity contribution in [1.29, 1.82) is 0 Å². The highest BCUT2D eigenvalue weighted by Crippen LogP contribution is 2.40. The van der Waals surface area contributed by atoms with Gasteiger partial charge in [-0.2, -0.15) is 0 Å². The molecule has 0 unspecified atom stereocenters. The van der Waals surface area contributed by atoms with Gasteiger partial charge >= 0.3 is 0 Å². The molecule has 0 amide bonds. The lowest BCUT2D eigenvalue weighted by Crippen LogP contribution is -2.28. The predicted molar refractivity (Wildman–Crippen MR) is 85.1 cm³/mol. The number of rotatable bonds is 3. The largest absolute Gasteiger partial charge is 0.126 e. The van der Waals surface area contributed by atoms with Gasteiger partial charge in [0, 0.05) is 5.88 Å². The summed E-state index contributed by atoms with van der Waals surface area (Å²) in [4.78, 5) is 0. The number of hydrogen-bond donors (Lipinski definition) is 0. The quantitative estimate of drug-likeness (QED) is 0.621. The van der Waals surface area contributed by atoms with Crippen LogP contribution in [0.5, 0.6) is 0 Å². The number of hydrogen-bond acceptors (Lipinski definition) is 0. The van der Waals surface area contributed by atoms with Gasteiger partial charge in [0.15, 0.2) is 0 Å².